The highest BCUT2D eigenvalue weighted by Crippen LogP contribution is 2.42. The van der Waals surface area contributed by atoms with Crippen LogP contribution in [0.5, 0.6) is 5.75 Å². The summed E-state index contributed by atoms with van der Waals surface area (Å²) in [6.45, 7) is 7.46. The lowest BCUT2D eigenvalue weighted by atomic mass is 10.0. The third kappa shape index (κ3) is 7.28. The second-order valence-electron chi connectivity index (χ2n) is 8.91. The fraction of sp³-hybridized carbons (Fsp3) is 0.464. The second kappa shape index (κ2) is 12.1. The molecule has 0 amide bonds. The summed E-state index contributed by atoms with van der Waals surface area (Å²) in [6.07, 6.45) is 12.0. The van der Waals surface area contributed by atoms with Crippen molar-refractivity contribution in [2.45, 2.75) is 77.0 Å². The summed E-state index contributed by atoms with van der Waals surface area (Å²) < 4.78 is 5.95. The molecule has 0 fully saturated rings. The van der Waals surface area contributed by atoms with E-state index in [2.05, 4.69) is 45.0 Å². The highest BCUT2D eigenvalue weighted by atomic mass is 32.2. The van der Waals surface area contributed by atoms with Crippen LogP contribution in [0.15, 0.2) is 52.3 Å². The van der Waals surface area contributed by atoms with Crippen LogP contribution in [-0.2, 0) is 6.42 Å². The van der Waals surface area contributed by atoms with Crippen molar-refractivity contribution >= 4 is 23.6 Å². The van der Waals surface area contributed by atoms with Gasteiger partial charge < -0.3 is 4.74 Å². The number of rotatable bonds is 12. The Morgan fingerprint density at radius 3 is 2.35 bits per heavy atom. The lowest BCUT2D eigenvalue weighted by molar-refractivity contribution is 0.104. The topological polar surface area (TPSA) is 26.3 Å². The quantitative estimate of drug-likeness (QED) is 0.247. The predicted octanol–water partition coefficient (Wildman–Crippen LogP) is 8.34. The van der Waals surface area contributed by atoms with Crippen molar-refractivity contribution in [2.24, 2.45) is 5.92 Å². The molecule has 2 aromatic carbocycles. The first kappa shape index (κ1) is 23.7. The van der Waals surface area contributed by atoms with E-state index in [1.165, 1.54) is 44.1 Å². The van der Waals surface area contributed by atoms with Crippen LogP contribution in [0.1, 0.15) is 87.2 Å². The molecule has 0 radical (unpaired) electrons. The lowest BCUT2D eigenvalue weighted by Gasteiger charge is -2.07. The van der Waals surface area contributed by atoms with Gasteiger partial charge in [-0.25, -0.2) is 0 Å². The van der Waals surface area contributed by atoms with Crippen molar-refractivity contribution in [1.29, 1.82) is 0 Å². The molecule has 0 aliphatic carbocycles. The van der Waals surface area contributed by atoms with Crippen LogP contribution in [0.25, 0.3) is 6.08 Å². The Hall–Kier alpha value is -2.00. The molecular formula is C28H36O2S. The van der Waals surface area contributed by atoms with Gasteiger partial charge >= 0.3 is 0 Å². The molecule has 166 valence electrons. The van der Waals surface area contributed by atoms with Crippen molar-refractivity contribution < 1.29 is 9.53 Å². The van der Waals surface area contributed by atoms with Gasteiger partial charge in [-0.1, -0.05) is 95.3 Å². The van der Waals surface area contributed by atoms with Gasteiger partial charge in [0.2, 0.25) is 5.78 Å². The van der Waals surface area contributed by atoms with Gasteiger partial charge in [0.05, 0.1) is 11.5 Å². The number of carbonyl (C=O) groups excluding carboxylic acids is 1. The molecule has 0 atom stereocenters. The number of fused-ring (bicyclic) bond motifs is 1. The molecule has 1 heterocycles. The summed E-state index contributed by atoms with van der Waals surface area (Å²) in [7, 11) is 0. The molecule has 0 saturated carbocycles. The van der Waals surface area contributed by atoms with Crippen LogP contribution in [-0.4, -0.2) is 12.4 Å². The van der Waals surface area contributed by atoms with Crippen molar-refractivity contribution in [1.82, 2.24) is 0 Å². The third-order valence-electron chi connectivity index (χ3n) is 5.58. The number of allylic oxidation sites excluding steroid dienone is 1. The Morgan fingerprint density at radius 2 is 1.65 bits per heavy atom. The average Bonchev–Trinajstić information content (AvgIpc) is 3.06. The zero-order valence-electron chi connectivity index (χ0n) is 19.3. The number of unbranched alkanes of at least 4 members (excludes halogenated alkanes) is 6. The van der Waals surface area contributed by atoms with Crippen LogP contribution in [0.4, 0.5) is 0 Å². The Morgan fingerprint density at radius 1 is 0.935 bits per heavy atom. The van der Waals surface area contributed by atoms with E-state index in [4.69, 9.17) is 4.74 Å². The number of hydrogen-bond donors (Lipinski definition) is 0. The van der Waals surface area contributed by atoms with Crippen LogP contribution in [0.2, 0.25) is 0 Å². The highest BCUT2D eigenvalue weighted by Gasteiger charge is 2.26. The van der Waals surface area contributed by atoms with Crippen molar-refractivity contribution in [3.8, 4) is 5.75 Å². The van der Waals surface area contributed by atoms with Crippen LogP contribution >= 0.6 is 11.8 Å². The lowest BCUT2D eigenvalue weighted by Crippen LogP contribution is -1.98. The molecule has 2 nitrogen and oxygen atoms in total. The van der Waals surface area contributed by atoms with E-state index < -0.39 is 0 Å². The smallest absolute Gasteiger partial charge is 0.200 e. The van der Waals surface area contributed by atoms with Crippen molar-refractivity contribution in [2.75, 3.05) is 6.61 Å². The van der Waals surface area contributed by atoms with Gasteiger partial charge in [-0.2, -0.15) is 0 Å². The van der Waals surface area contributed by atoms with E-state index in [9.17, 15) is 4.79 Å². The molecule has 31 heavy (non-hydrogen) atoms. The van der Waals surface area contributed by atoms with E-state index in [0.717, 1.165) is 46.1 Å². The maximum atomic E-state index is 12.8. The molecule has 0 bridgehead atoms. The SMILES string of the molecule is CCCCCCCCCOc1ccc2c(c1)SC(=Cc1ccc(CC(C)C)cc1)C2=O. The Bertz CT molecular complexity index is 880. The molecule has 0 spiro atoms. The second-order valence-corrected chi connectivity index (χ2v) is 9.99. The highest BCUT2D eigenvalue weighted by molar-refractivity contribution is 8.04. The molecule has 1 aliphatic heterocycles. The van der Waals surface area contributed by atoms with Crippen molar-refractivity contribution in [3.05, 3.63) is 64.1 Å². The Labute approximate surface area is 192 Å². The van der Waals surface area contributed by atoms with Gasteiger partial charge in [0.15, 0.2) is 0 Å². The van der Waals surface area contributed by atoms with Crippen LogP contribution < -0.4 is 4.74 Å². The van der Waals surface area contributed by atoms with Crippen molar-refractivity contribution in [3.63, 3.8) is 0 Å². The minimum absolute atomic E-state index is 0.116. The van der Waals surface area contributed by atoms with Gasteiger partial charge in [-0.3, -0.25) is 4.79 Å². The average molecular weight is 437 g/mol. The zero-order chi connectivity index (χ0) is 22.1. The Kier molecular flexibility index (Phi) is 9.27. The number of ketones is 1. The summed E-state index contributed by atoms with van der Waals surface area (Å²) in [6, 6.07) is 14.4. The van der Waals surface area contributed by atoms with Crippen LogP contribution in [0.3, 0.4) is 0 Å². The van der Waals surface area contributed by atoms with E-state index >= 15 is 0 Å². The minimum atomic E-state index is 0.116. The van der Waals surface area contributed by atoms with E-state index in [1.54, 1.807) is 11.8 Å². The first-order valence-corrected chi connectivity index (χ1v) is 12.7. The van der Waals surface area contributed by atoms with Gasteiger partial charge in [0.1, 0.15) is 5.75 Å². The van der Waals surface area contributed by atoms with Crippen LogP contribution in [0, 0.1) is 5.92 Å². The number of ether oxygens (including phenoxy) is 1. The molecule has 0 N–H and O–H groups in total. The molecule has 2 aromatic rings. The van der Waals surface area contributed by atoms with Gasteiger partial charge in [-0.05, 0) is 54.2 Å². The van der Waals surface area contributed by atoms with Gasteiger partial charge in [-0.15, -0.1) is 0 Å². The molecule has 0 unspecified atom stereocenters. The largest absolute Gasteiger partial charge is 0.494 e. The first-order valence-electron chi connectivity index (χ1n) is 11.9. The normalized spacial score (nSPS) is 14.5. The molecule has 0 aromatic heterocycles. The molecular weight excluding hydrogens is 400 g/mol. The van der Waals surface area contributed by atoms with Gasteiger partial charge in [0, 0.05) is 10.5 Å². The monoisotopic (exact) mass is 436 g/mol. The fourth-order valence-corrected chi connectivity index (χ4v) is 4.96. The summed E-state index contributed by atoms with van der Waals surface area (Å²) in [5.41, 5.74) is 3.20. The number of thioether (sulfide) groups is 1. The summed E-state index contributed by atoms with van der Waals surface area (Å²) in [5, 5.41) is 0. The third-order valence-corrected chi connectivity index (χ3v) is 6.66. The molecule has 0 saturated heterocycles. The molecule has 3 heteroatoms. The Balaban J connectivity index is 1.52. The zero-order valence-corrected chi connectivity index (χ0v) is 20.1. The number of benzene rings is 2. The summed E-state index contributed by atoms with van der Waals surface area (Å²) in [5.74, 6) is 1.63. The molecule has 1 aliphatic rings. The number of hydrogen-bond acceptors (Lipinski definition) is 3. The van der Waals surface area contributed by atoms with E-state index in [1.807, 2.05) is 24.3 Å². The minimum Gasteiger partial charge on any atom is -0.494 e. The van der Waals surface area contributed by atoms with E-state index in [-0.39, 0.29) is 5.78 Å². The maximum Gasteiger partial charge on any atom is 0.200 e. The first-order chi connectivity index (χ1) is 15.1. The van der Waals surface area contributed by atoms with E-state index in [0.29, 0.717) is 5.92 Å². The standard InChI is InChI=1S/C28H36O2S/c1-4-5-6-7-8-9-10-17-30-24-15-16-25-26(20-24)31-27(28(25)29)19-23-13-11-22(12-14-23)18-21(2)3/h11-16,19-21H,4-10,17-18H2,1-3H3. The van der Waals surface area contributed by atoms with Gasteiger partial charge in [0.25, 0.3) is 0 Å². The predicted molar refractivity (Wildman–Crippen MR) is 133 cm³/mol. The summed E-state index contributed by atoms with van der Waals surface area (Å²) in [4.78, 5) is 14.6. The molecule has 3 rings (SSSR count). The maximum absolute atomic E-state index is 12.8. The number of carbonyl (C=O) groups is 1. The fourth-order valence-electron chi connectivity index (χ4n) is 3.88. The number of Topliss-reactive ketones (excluding diaryl/α,β-unsaturated/α-hetero) is 1. The summed E-state index contributed by atoms with van der Waals surface area (Å²) >= 11 is 1.55.